The quantitative estimate of drug-likeness (QED) is 0.529. The van der Waals surface area contributed by atoms with Crippen LogP contribution in [0.25, 0.3) is 0 Å². The van der Waals surface area contributed by atoms with E-state index in [1.54, 1.807) is 7.11 Å². The van der Waals surface area contributed by atoms with Gasteiger partial charge in [-0.05, 0) is 44.0 Å². The van der Waals surface area contributed by atoms with Gasteiger partial charge in [0.25, 0.3) is 0 Å². The molecule has 0 radical (unpaired) electrons. The standard InChI is InChI=1S/C22H29N5O2S/c1-15-11-16(2)21(17(3)12-15)23-20(28)14-30-22-25-24-19(27(22)9-10-29-5)13-18-7-6-8-26(18)4/h6-8,11-12H,9-10,13-14H2,1-5H3,(H,23,28). The van der Waals surface area contributed by atoms with Crippen molar-refractivity contribution in [1.29, 1.82) is 0 Å². The van der Waals surface area contributed by atoms with Gasteiger partial charge in [0.05, 0.1) is 12.4 Å². The van der Waals surface area contributed by atoms with Crippen LogP contribution in [0.2, 0.25) is 0 Å². The highest BCUT2D eigenvalue weighted by Crippen LogP contribution is 2.23. The van der Waals surface area contributed by atoms with Gasteiger partial charge in [0.1, 0.15) is 5.82 Å². The first-order valence-corrected chi connectivity index (χ1v) is 10.9. The summed E-state index contributed by atoms with van der Waals surface area (Å²) in [5, 5.41) is 12.5. The molecule has 0 fully saturated rings. The van der Waals surface area contributed by atoms with Crippen molar-refractivity contribution < 1.29 is 9.53 Å². The van der Waals surface area contributed by atoms with Crippen molar-refractivity contribution in [1.82, 2.24) is 19.3 Å². The van der Waals surface area contributed by atoms with Crippen LogP contribution in [0, 0.1) is 20.8 Å². The summed E-state index contributed by atoms with van der Waals surface area (Å²) in [6, 6.07) is 8.24. The summed E-state index contributed by atoms with van der Waals surface area (Å²) in [5.74, 6) is 1.07. The van der Waals surface area contributed by atoms with Gasteiger partial charge in [0, 0.05) is 44.7 Å². The third-order valence-electron chi connectivity index (χ3n) is 4.98. The first-order chi connectivity index (χ1) is 14.4. The average Bonchev–Trinajstić information content (AvgIpc) is 3.27. The number of aryl methyl sites for hydroxylation is 4. The minimum absolute atomic E-state index is 0.0553. The first kappa shape index (κ1) is 22.1. The van der Waals surface area contributed by atoms with Crippen LogP contribution >= 0.6 is 11.8 Å². The van der Waals surface area contributed by atoms with Gasteiger partial charge in [-0.1, -0.05) is 29.5 Å². The van der Waals surface area contributed by atoms with Gasteiger partial charge in [0.2, 0.25) is 5.91 Å². The lowest BCUT2D eigenvalue weighted by Gasteiger charge is -2.13. The van der Waals surface area contributed by atoms with E-state index in [2.05, 4.69) is 45.2 Å². The summed E-state index contributed by atoms with van der Waals surface area (Å²) >= 11 is 1.39. The summed E-state index contributed by atoms with van der Waals surface area (Å²) < 4.78 is 9.36. The van der Waals surface area contributed by atoms with E-state index in [9.17, 15) is 4.79 Å². The van der Waals surface area contributed by atoms with E-state index < -0.39 is 0 Å². The zero-order chi connectivity index (χ0) is 21.7. The second-order valence-corrected chi connectivity index (χ2v) is 8.38. The molecule has 3 rings (SSSR count). The number of nitrogens with zero attached hydrogens (tertiary/aromatic N) is 4. The molecule has 2 heterocycles. The van der Waals surface area contributed by atoms with Gasteiger partial charge in [-0.25, -0.2) is 0 Å². The Hall–Kier alpha value is -2.58. The molecular formula is C22H29N5O2S. The maximum atomic E-state index is 12.6. The highest BCUT2D eigenvalue weighted by atomic mass is 32.2. The molecule has 1 amide bonds. The molecule has 0 aliphatic carbocycles. The Morgan fingerprint density at radius 2 is 1.93 bits per heavy atom. The third-order valence-corrected chi connectivity index (χ3v) is 5.94. The van der Waals surface area contributed by atoms with Crippen LogP contribution in [0.4, 0.5) is 5.69 Å². The minimum atomic E-state index is -0.0553. The normalized spacial score (nSPS) is 11.1. The fraction of sp³-hybridized carbons (Fsp3) is 0.409. The van der Waals surface area contributed by atoms with E-state index in [0.29, 0.717) is 19.6 Å². The molecule has 0 bridgehead atoms. The first-order valence-electron chi connectivity index (χ1n) is 9.90. The lowest BCUT2D eigenvalue weighted by atomic mass is 10.1. The maximum Gasteiger partial charge on any atom is 0.234 e. The molecule has 0 unspecified atom stereocenters. The number of amides is 1. The third kappa shape index (κ3) is 5.31. The molecule has 0 saturated carbocycles. The Morgan fingerprint density at radius 3 is 2.57 bits per heavy atom. The summed E-state index contributed by atoms with van der Waals surface area (Å²) in [6.45, 7) is 7.28. The highest BCUT2D eigenvalue weighted by Gasteiger charge is 2.16. The average molecular weight is 428 g/mol. The fourth-order valence-corrected chi connectivity index (χ4v) is 4.27. The van der Waals surface area contributed by atoms with Crippen LogP contribution in [-0.4, -0.2) is 44.7 Å². The Labute approximate surface area is 181 Å². The van der Waals surface area contributed by atoms with Crippen LogP contribution in [0.15, 0.2) is 35.6 Å². The van der Waals surface area contributed by atoms with E-state index in [0.717, 1.165) is 33.5 Å². The number of methoxy groups -OCH3 is 1. The number of carbonyl (C=O) groups is 1. The molecule has 0 saturated heterocycles. The molecule has 160 valence electrons. The predicted molar refractivity (Wildman–Crippen MR) is 120 cm³/mol. The number of aromatic nitrogens is 4. The van der Waals surface area contributed by atoms with Crippen LogP contribution < -0.4 is 5.32 Å². The van der Waals surface area contributed by atoms with Crippen LogP contribution in [0.3, 0.4) is 0 Å². The van der Waals surface area contributed by atoms with Gasteiger partial charge < -0.3 is 19.2 Å². The van der Waals surface area contributed by atoms with Crippen molar-refractivity contribution in [2.75, 3.05) is 24.8 Å². The topological polar surface area (TPSA) is 74.0 Å². The Morgan fingerprint density at radius 1 is 1.20 bits per heavy atom. The molecule has 1 N–H and O–H groups in total. The number of anilines is 1. The van der Waals surface area contributed by atoms with Crippen molar-refractivity contribution in [2.45, 2.75) is 38.9 Å². The molecule has 1 aromatic carbocycles. The maximum absolute atomic E-state index is 12.6. The number of carbonyl (C=O) groups excluding carboxylic acids is 1. The number of hydrogen-bond acceptors (Lipinski definition) is 5. The molecule has 30 heavy (non-hydrogen) atoms. The number of rotatable bonds is 9. The monoisotopic (exact) mass is 427 g/mol. The van der Waals surface area contributed by atoms with Crippen molar-refractivity contribution in [2.24, 2.45) is 7.05 Å². The van der Waals surface area contributed by atoms with Crippen LogP contribution in [0.1, 0.15) is 28.2 Å². The second-order valence-electron chi connectivity index (χ2n) is 7.44. The van der Waals surface area contributed by atoms with E-state index in [1.807, 2.05) is 37.7 Å². The van der Waals surface area contributed by atoms with E-state index in [1.165, 1.54) is 17.3 Å². The summed E-state index contributed by atoms with van der Waals surface area (Å²) in [4.78, 5) is 12.6. The Balaban J connectivity index is 1.70. The summed E-state index contributed by atoms with van der Waals surface area (Å²) in [7, 11) is 3.69. The molecule has 8 heteroatoms. The number of hydrogen-bond donors (Lipinski definition) is 1. The molecule has 7 nitrogen and oxygen atoms in total. The van der Waals surface area contributed by atoms with Crippen LogP contribution in [-0.2, 0) is 29.5 Å². The van der Waals surface area contributed by atoms with Crippen molar-refractivity contribution in [3.8, 4) is 0 Å². The molecule has 0 aliphatic heterocycles. The highest BCUT2D eigenvalue weighted by molar-refractivity contribution is 7.99. The zero-order valence-corrected chi connectivity index (χ0v) is 19.0. The Bertz CT molecular complexity index is 1000. The molecule has 0 spiro atoms. The van der Waals surface area contributed by atoms with Crippen molar-refractivity contribution in [3.63, 3.8) is 0 Å². The number of ether oxygens (including phenoxy) is 1. The Kier molecular flexibility index (Phi) is 7.33. The fourth-order valence-electron chi connectivity index (χ4n) is 3.49. The minimum Gasteiger partial charge on any atom is -0.383 e. The van der Waals surface area contributed by atoms with Crippen LogP contribution in [0.5, 0.6) is 0 Å². The van der Waals surface area contributed by atoms with E-state index >= 15 is 0 Å². The second kappa shape index (κ2) is 9.95. The van der Waals surface area contributed by atoms with Gasteiger partial charge >= 0.3 is 0 Å². The SMILES string of the molecule is COCCn1c(Cc2cccn2C)nnc1SCC(=O)Nc1c(C)cc(C)cc1C. The zero-order valence-electron chi connectivity index (χ0n) is 18.2. The molecule has 2 aromatic heterocycles. The lowest BCUT2D eigenvalue weighted by molar-refractivity contribution is -0.113. The summed E-state index contributed by atoms with van der Waals surface area (Å²) in [6.07, 6.45) is 2.69. The van der Waals surface area contributed by atoms with Gasteiger partial charge in [-0.2, -0.15) is 0 Å². The largest absolute Gasteiger partial charge is 0.383 e. The smallest absolute Gasteiger partial charge is 0.234 e. The number of nitrogens with one attached hydrogen (secondary N) is 1. The van der Waals surface area contributed by atoms with E-state index in [4.69, 9.17) is 4.74 Å². The van der Waals surface area contributed by atoms with E-state index in [-0.39, 0.29) is 11.7 Å². The lowest BCUT2D eigenvalue weighted by Crippen LogP contribution is -2.17. The van der Waals surface area contributed by atoms with Crippen molar-refractivity contribution in [3.05, 3.63) is 58.7 Å². The number of benzene rings is 1. The molecule has 0 aliphatic rings. The molecular weight excluding hydrogens is 398 g/mol. The van der Waals surface area contributed by atoms with Gasteiger partial charge in [-0.15, -0.1) is 10.2 Å². The van der Waals surface area contributed by atoms with Gasteiger partial charge in [-0.3, -0.25) is 4.79 Å². The predicted octanol–water partition coefficient (Wildman–Crippen LogP) is 3.51. The summed E-state index contributed by atoms with van der Waals surface area (Å²) in [5.41, 5.74) is 5.37. The molecule has 3 aromatic rings. The van der Waals surface area contributed by atoms with Gasteiger partial charge in [0.15, 0.2) is 5.16 Å². The number of thioether (sulfide) groups is 1. The van der Waals surface area contributed by atoms with Crippen molar-refractivity contribution >= 4 is 23.4 Å². The molecule has 0 atom stereocenters.